The summed E-state index contributed by atoms with van der Waals surface area (Å²) >= 11 is 0. The zero-order chi connectivity index (χ0) is 12.1. The van der Waals surface area contributed by atoms with Crippen molar-refractivity contribution in [2.75, 3.05) is 0 Å². The summed E-state index contributed by atoms with van der Waals surface area (Å²) in [5.74, 6) is 0.309. The van der Waals surface area contributed by atoms with Crippen molar-refractivity contribution >= 4 is 5.97 Å². The first-order chi connectivity index (χ1) is 8.25. The summed E-state index contributed by atoms with van der Waals surface area (Å²) in [5.41, 5.74) is 0.511. The molecule has 1 aliphatic carbocycles. The predicted octanol–water partition coefficient (Wildman–Crippen LogP) is 3.52. The van der Waals surface area contributed by atoms with Gasteiger partial charge in [-0.25, -0.2) is 4.79 Å². The fourth-order valence-electron chi connectivity index (χ4n) is 1.89. The third-order valence-corrected chi connectivity index (χ3v) is 3.08. The third-order valence-electron chi connectivity index (χ3n) is 3.08. The minimum absolute atomic E-state index is 0.434. The molecule has 0 bridgehead atoms. The van der Waals surface area contributed by atoms with Crippen molar-refractivity contribution in [2.45, 2.75) is 32.6 Å². The van der Waals surface area contributed by atoms with Gasteiger partial charge in [-0.15, -0.1) is 0 Å². The molecule has 3 nitrogen and oxygen atoms in total. The topological polar surface area (TPSA) is 35.5 Å². The highest BCUT2D eigenvalue weighted by molar-refractivity contribution is 5.88. The highest BCUT2D eigenvalue weighted by atomic mass is 17.2. The van der Waals surface area contributed by atoms with E-state index in [9.17, 15) is 4.79 Å². The number of hydrogen-bond acceptors (Lipinski definition) is 3. The van der Waals surface area contributed by atoms with Gasteiger partial charge in [-0.05, 0) is 43.7 Å². The average Bonchev–Trinajstić information content (AvgIpc) is 2.39. The Hall–Kier alpha value is -1.35. The van der Waals surface area contributed by atoms with E-state index >= 15 is 0 Å². The standard InChI is InChI=1S/C14H17O3/c1-11-7-9-13(10-8-11)16-17-14(15)12-5-3-2-4-6-12/h2-6,11H,7-10H2,1H3. The van der Waals surface area contributed by atoms with Crippen LogP contribution in [0.4, 0.5) is 0 Å². The van der Waals surface area contributed by atoms with Crippen molar-refractivity contribution < 1.29 is 14.6 Å². The van der Waals surface area contributed by atoms with Gasteiger partial charge in [-0.2, -0.15) is 4.89 Å². The van der Waals surface area contributed by atoms with Gasteiger partial charge in [0, 0.05) is 0 Å². The minimum atomic E-state index is -0.434. The van der Waals surface area contributed by atoms with Crippen LogP contribution >= 0.6 is 0 Å². The predicted molar refractivity (Wildman–Crippen MR) is 63.8 cm³/mol. The smallest absolute Gasteiger partial charge is 0.292 e. The van der Waals surface area contributed by atoms with Crippen molar-refractivity contribution in [2.24, 2.45) is 5.92 Å². The van der Waals surface area contributed by atoms with Crippen molar-refractivity contribution in [3.05, 3.63) is 42.0 Å². The van der Waals surface area contributed by atoms with Crippen LogP contribution in [0, 0.1) is 12.0 Å². The minimum Gasteiger partial charge on any atom is -0.292 e. The van der Waals surface area contributed by atoms with Gasteiger partial charge in [0.1, 0.15) is 6.10 Å². The molecule has 91 valence electrons. The highest BCUT2D eigenvalue weighted by Gasteiger charge is 2.22. The molecule has 1 aromatic rings. The molecule has 1 aromatic carbocycles. The molecular weight excluding hydrogens is 216 g/mol. The van der Waals surface area contributed by atoms with E-state index in [1.807, 2.05) is 6.07 Å². The second-order valence-electron chi connectivity index (χ2n) is 4.54. The molecule has 1 saturated carbocycles. The van der Waals surface area contributed by atoms with Crippen molar-refractivity contribution in [3.8, 4) is 0 Å². The first-order valence-corrected chi connectivity index (χ1v) is 6.04. The van der Waals surface area contributed by atoms with Crippen LogP contribution in [0.25, 0.3) is 0 Å². The van der Waals surface area contributed by atoms with Gasteiger partial charge in [-0.1, -0.05) is 25.1 Å². The van der Waals surface area contributed by atoms with E-state index in [-0.39, 0.29) is 0 Å². The molecular formula is C14H17O3. The molecule has 1 fully saturated rings. The maximum Gasteiger partial charge on any atom is 0.373 e. The Morgan fingerprint density at radius 3 is 2.47 bits per heavy atom. The van der Waals surface area contributed by atoms with Crippen LogP contribution in [0.15, 0.2) is 30.3 Å². The summed E-state index contributed by atoms with van der Waals surface area (Å²) in [6.07, 6.45) is 4.88. The molecule has 17 heavy (non-hydrogen) atoms. The van der Waals surface area contributed by atoms with Gasteiger partial charge in [0.15, 0.2) is 0 Å². The lowest BCUT2D eigenvalue weighted by molar-refractivity contribution is -0.240. The van der Waals surface area contributed by atoms with Gasteiger partial charge in [0.2, 0.25) is 0 Å². The Labute approximate surface area is 102 Å². The molecule has 1 aliphatic rings. The van der Waals surface area contributed by atoms with Crippen LogP contribution in [0.5, 0.6) is 0 Å². The lowest BCUT2D eigenvalue weighted by Gasteiger charge is -2.23. The summed E-state index contributed by atoms with van der Waals surface area (Å²) in [6, 6.07) is 8.87. The quantitative estimate of drug-likeness (QED) is 0.592. The molecule has 0 aliphatic heterocycles. The SMILES string of the molecule is CC1CC[C](OOC(=O)c2ccccc2)CC1. The van der Waals surface area contributed by atoms with Crippen LogP contribution in [0.1, 0.15) is 43.0 Å². The lowest BCUT2D eigenvalue weighted by Crippen LogP contribution is -2.16. The molecule has 3 heteroatoms. The van der Waals surface area contributed by atoms with Crippen molar-refractivity contribution in [1.82, 2.24) is 0 Å². The largest absolute Gasteiger partial charge is 0.373 e. The Morgan fingerprint density at radius 2 is 1.82 bits per heavy atom. The molecule has 2 rings (SSSR count). The Balaban J connectivity index is 1.77. The van der Waals surface area contributed by atoms with E-state index in [1.165, 1.54) is 0 Å². The van der Waals surface area contributed by atoms with Crippen molar-refractivity contribution in [1.29, 1.82) is 0 Å². The third kappa shape index (κ3) is 3.56. The number of rotatable bonds is 3. The van der Waals surface area contributed by atoms with Crippen LogP contribution in [-0.2, 0) is 9.78 Å². The Kier molecular flexibility index (Phi) is 4.15. The molecule has 0 amide bonds. The molecule has 0 heterocycles. The van der Waals surface area contributed by atoms with Crippen LogP contribution < -0.4 is 0 Å². The van der Waals surface area contributed by atoms with Crippen molar-refractivity contribution in [3.63, 3.8) is 0 Å². The summed E-state index contributed by atoms with van der Waals surface area (Å²) in [6.45, 7) is 2.23. The fourth-order valence-corrected chi connectivity index (χ4v) is 1.89. The lowest BCUT2D eigenvalue weighted by atomic mass is 9.89. The maximum absolute atomic E-state index is 11.6. The molecule has 0 saturated heterocycles. The molecule has 0 atom stereocenters. The number of carbonyl (C=O) groups is 1. The molecule has 0 N–H and O–H groups in total. The zero-order valence-electron chi connectivity index (χ0n) is 10.0. The first kappa shape index (κ1) is 12.1. The van der Waals surface area contributed by atoms with Gasteiger partial charge >= 0.3 is 5.97 Å². The molecule has 0 unspecified atom stereocenters. The Bertz CT molecular complexity index is 353. The number of hydrogen-bond donors (Lipinski definition) is 0. The average molecular weight is 233 g/mol. The second kappa shape index (κ2) is 5.82. The molecule has 1 radical (unpaired) electrons. The van der Waals surface area contributed by atoms with E-state index in [0.717, 1.165) is 37.7 Å². The van der Waals surface area contributed by atoms with E-state index in [2.05, 4.69) is 6.92 Å². The summed E-state index contributed by atoms with van der Waals surface area (Å²) in [5, 5.41) is 0. The molecule has 0 spiro atoms. The van der Waals surface area contributed by atoms with Crippen LogP contribution in [0.3, 0.4) is 0 Å². The summed E-state index contributed by atoms with van der Waals surface area (Å²) < 4.78 is 0. The van der Waals surface area contributed by atoms with Gasteiger partial charge in [0.25, 0.3) is 0 Å². The highest BCUT2D eigenvalue weighted by Crippen LogP contribution is 2.30. The number of carbonyl (C=O) groups excluding carboxylic acids is 1. The monoisotopic (exact) mass is 233 g/mol. The van der Waals surface area contributed by atoms with Gasteiger partial charge in [0.05, 0.1) is 5.56 Å². The van der Waals surface area contributed by atoms with Gasteiger partial charge in [-0.3, -0.25) is 4.89 Å². The van der Waals surface area contributed by atoms with E-state index in [0.29, 0.717) is 5.56 Å². The normalized spacial score (nSPS) is 17.9. The van der Waals surface area contributed by atoms with Crippen LogP contribution in [-0.4, -0.2) is 5.97 Å². The van der Waals surface area contributed by atoms with Crippen LogP contribution in [0.2, 0.25) is 0 Å². The van der Waals surface area contributed by atoms with Gasteiger partial charge < -0.3 is 0 Å². The molecule has 0 aromatic heterocycles. The van der Waals surface area contributed by atoms with E-state index < -0.39 is 5.97 Å². The van der Waals surface area contributed by atoms with E-state index in [1.54, 1.807) is 24.3 Å². The number of benzene rings is 1. The summed E-state index contributed by atoms with van der Waals surface area (Å²) in [4.78, 5) is 21.5. The second-order valence-corrected chi connectivity index (χ2v) is 4.54. The maximum atomic E-state index is 11.6. The first-order valence-electron chi connectivity index (χ1n) is 6.04. The Morgan fingerprint density at radius 1 is 1.18 bits per heavy atom. The van der Waals surface area contributed by atoms with E-state index in [4.69, 9.17) is 9.78 Å². The summed E-state index contributed by atoms with van der Waals surface area (Å²) in [7, 11) is 0. The fraction of sp³-hybridized carbons (Fsp3) is 0.429. The zero-order valence-corrected chi connectivity index (χ0v) is 10.0.